The van der Waals surface area contributed by atoms with E-state index in [0.29, 0.717) is 5.92 Å². The molecule has 1 aliphatic carbocycles. The zero-order valence-corrected chi connectivity index (χ0v) is 6.96. The molecule has 1 aliphatic rings. The fourth-order valence-corrected chi connectivity index (χ4v) is 1.64. The smallest absolute Gasteiger partial charge is 0.00360 e. The summed E-state index contributed by atoms with van der Waals surface area (Å²) in [7, 11) is 0. The topological polar surface area (TPSA) is 0 Å². The molecule has 0 nitrogen and oxygen atoms in total. The first-order valence-electron chi connectivity index (χ1n) is 4.07. The van der Waals surface area contributed by atoms with E-state index in [0.717, 1.165) is 0 Å². The Kier molecular flexibility index (Phi) is 1.35. The quantitative estimate of drug-likeness (QED) is 0.514. The lowest BCUT2D eigenvalue weighted by Gasteiger charge is -1.98. The van der Waals surface area contributed by atoms with Gasteiger partial charge in [0.1, 0.15) is 0 Å². The van der Waals surface area contributed by atoms with E-state index in [9.17, 15) is 0 Å². The number of hydrogen-bond acceptors (Lipinski definition) is 0. The molecule has 0 heterocycles. The van der Waals surface area contributed by atoms with Crippen LogP contribution >= 0.6 is 0 Å². The normalized spacial score (nSPS) is 21.3. The molecule has 0 spiro atoms. The summed E-state index contributed by atoms with van der Waals surface area (Å²) >= 11 is 0. The van der Waals surface area contributed by atoms with E-state index < -0.39 is 0 Å². The summed E-state index contributed by atoms with van der Waals surface area (Å²) in [5.41, 5.74) is 1.50. The van der Waals surface area contributed by atoms with E-state index in [2.05, 4.69) is 44.2 Å². The van der Waals surface area contributed by atoms with Crippen molar-refractivity contribution < 1.29 is 0 Å². The van der Waals surface area contributed by atoms with Crippen LogP contribution in [0, 0.1) is 5.92 Å². The number of benzene rings is 1. The third-order valence-electron chi connectivity index (χ3n) is 2.50. The molecule has 0 amide bonds. The Morgan fingerprint density at radius 2 is 1.91 bits per heavy atom. The molecule has 0 unspecified atom stereocenters. The highest BCUT2D eigenvalue weighted by atomic mass is 14.1. The van der Waals surface area contributed by atoms with Gasteiger partial charge in [-0.2, -0.15) is 0 Å². The molecular formula is C11H12. The van der Waals surface area contributed by atoms with E-state index in [1.807, 2.05) is 0 Å². The molecule has 0 radical (unpaired) electrons. The van der Waals surface area contributed by atoms with Gasteiger partial charge in [0.25, 0.3) is 0 Å². The van der Waals surface area contributed by atoms with Gasteiger partial charge >= 0.3 is 0 Å². The van der Waals surface area contributed by atoms with Gasteiger partial charge in [0.15, 0.2) is 0 Å². The Bertz CT molecular complexity index is 385. The van der Waals surface area contributed by atoms with Crippen LogP contribution < -0.4 is 10.4 Å². The molecule has 0 heteroatoms. The lowest BCUT2D eigenvalue weighted by atomic mass is 10.1. The highest BCUT2D eigenvalue weighted by molar-refractivity contribution is 5.60. The van der Waals surface area contributed by atoms with Gasteiger partial charge in [0, 0.05) is 0 Å². The zero-order valence-electron chi connectivity index (χ0n) is 6.96. The molecule has 56 valence electrons. The molecule has 1 aromatic carbocycles. The third kappa shape index (κ3) is 0.900. The predicted molar refractivity (Wildman–Crippen MR) is 48.4 cm³/mol. The minimum atomic E-state index is 0.632. The van der Waals surface area contributed by atoms with Crippen molar-refractivity contribution in [3.05, 3.63) is 34.7 Å². The molecule has 0 aliphatic heterocycles. The van der Waals surface area contributed by atoms with Crippen molar-refractivity contribution >= 4 is 11.6 Å². The van der Waals surface area contributed by atoms with Gasteiger partial charge in [0.2, 0.25) is 0 Å². The van der Waals surface area contributed by atoms with Crippen LogP contribution in [-0.2, 0) is 0 Å². The Balaban J connectivity index is 2.89. The van der Waals surface area contributed by atoms with Crippen LogP contribution in [0.25, 0.3) is 11.6 Å². The molecule has 1 atom stereocenters. The van der Waals surface area contributed by atoms with E-state index in [4.69, 9.17) is 0 Å². The van der Waals surface area contributed by atoms with E-state index in [1.54, 1.807) is 0 Å². The van der Waals surface area contributed by atoms with E-state index in [1.165, 1.54) is 16.0 Å². The Labute approximate surface area is 66.9 Å². The Morgan fingerprint density at radius 1 is 1.18 bits per heavy atom. The van der Waals surface area contributed by atoms with Crippen molar-refractivity contribution in [2.24, 2.45) is 5.92 Å². The third-order valence-corrected chi connectivity index (χ3v) is 2.50. The number of fused-ring (bicyclic) bond motifs is 1. The monoisotopic (exact) mass is 144 g/mol. The summed E-state index contributed by atoms with van der Waals surface area (Å²) in [4.78, 5) is 0. The molecule has 11 heavy (non-hydrogen) atoms. The second kappa shape index (κ2) is 2.23. The highest BCUT2D eigenvalue weighted by Crippen LogP contribution is 2.12. The standard InChI is InChI=1S/C11H12/c1-8-7-10-5-3-4-6-11(10)9(8)2/h3-8H,1-2H3/t8-/m0/s1. The summed E-state index contributed by atoms with van der Waals surface area (Å²) < 4.78 is 0. The molecule has 2 rings (SSSR count). The Hall–Kier alpha value is -1.04. The number of hydrogen-bond donors (Lipinski definition) is 0. The summed E-state index contributed by atoms with van der Waals surface area (Å²) in [6.07, 6.45) is 2.32. The molecule has 0 N–H and O–H groups in total. The van der Waals surface area contributed by atoms with Gasteiger partial charge in [-0.25, -0.2) is 0 Å². The summed E-state index contributed by atoms with van der Waals surface area (Å²) in [5.74, 6) is 0.632. The maximum Gasteiger partial charge on any atom is -0.00360 e. The highest BCUT2D eigenvalue weighted by Gasteiger charge is 2.06. The van der Waals surface area contributed by atoms with Crippen LogP contribution in [0.2, 0.25) is 0 Å². The molecule has 1 aromatic rings. The van der Waals surface area contributed by atoms with Crippen LogP contribution in [0.5, 0.6) is 0 Å². The van der Waals surface area contributed by atoms with Crippen molar-refractivity contribution in [2.75, 3.05) is 0 Å². The van der Waals surface area contributed by atoms with Crippen LogP contribution in [0.3, 0.4) is 0 Å². The Morgan fingerprint density at radius 3 is 2.64 bits per heavy atom. The largest absolute Gasteiger partial charge is 0.0697 e. The molecular weight excluding hydrogens is 132 g/mol. The number of rotatable bonds is 0. The lowest BCUT2D eigenvalue weighted by Crippen LogP contribution is -2.21. The summed E-state index contributed by atoms with van der Waals surface area (Å²) in [6.45, 7) is 4.46. The predicted octanol–water partition coefficient (Wildman–Crippen LogP) is 1.29. The van der Waals surface area contributed by atoms with Gasteiger partial charge in [-0.3, -0.25) is 0 Å². The fourth-order valence-electron chi connectivity index (χ4n) is 1.64. The van der Waals surface area contributed by atoms with Crippen LogP contribution in [-0.4, -0.2) is 0 Å². The average Bonchev–Trinajstić information content (AvgIpc) is 2.30. The molecule has 0 saturated carbocycles. The van der Waals surface area contributed by atoms with Gasteiger partial charge in [-0.05, 0) is 23.3 Å². The minimum absolute atomic E-state index is 0.632. The summed E-state index contributed by atoms with van der Waals surface area (Å²) in [6, 6.07) is 8.59. The minimum Gasteiger partial charge on any atom is -0.0697 e. The van der Waals surface area contributed by atoms with Crippen LogP contribution in [0.15, 0.2) is 24.3 Å². The van der Waals surface area contributed by atoms with Crippen LogP contribution in [0.1, 0.15) is 13.8 Å². The molecule has 0 saturated heterocycles. The average molecular weight is 144 g/mol. The van der Waals surface area contributed by atoms with Crippen molar-refractivity contribution in [3.8, 4) is 0 Å². The first-order chi connectivity index (χ1) is 5.29. The maximum absolute atomic E-state index is 2.32. The second-order valence-corrected chi connectivity index (χ2v) is 3.23. The van der Waals surface area contributed by atoms with Crippen molar-refractivity contribution in [1.82, 2.24) is 0 Å². The molecule has 0 fully saturated rings. The SMILES string of the molecule is CC1=c2ccccc2=C[C@@H]1C. The zero-order chi connectivity index (χ0) is 7.84. The van der Waals surface area contributed by atoms with Gasteiger partial charge < -0.3 is 0 Å². The van der Waals surface area contributed by atoms with Crippen molar-refractivity contribution in [2.45, 2.75) is 13.8 Å². The van der Waals surface area contributed by atoms with Crippen molar-refractivity contribution in [1.29, 1.82) is 0 Å². The first-order valence-corrected chi connectivity index (χ1v) is 4.07. The van der Waals surface area contributed by atoms with E-state index in [-0.39, 0.29) is 0 Å². The van der Waals surface area contributed by atoms with Gasteiger partial charge in [-0.15, -0.1) is 0 Å². The van der Waals surface area contributed by atoms with Crippen LogP contribution in [0.4, 0.5) is 0 Å². The first kappa shape index (κ1) is 6.66. The second-order valence-electron chi connectivity index (χ2n) is 3.23. The van der Waals surface area contributed by atoms with Gasteiger partial charge in [-0.1, -0.05) is 42.8 Å². The summed E-state index contributed by atoms with van der Waals surface area (Å²) in [5, 5.41) is 2.83. The van der Waals surface area contributed by atoms with E-state index >= 15 is 0 Å². The lowest BCUT2D eigenvalue weighted by molar-refractivity contribution is 1.02. The van der Waals surface area contributed by atoms with Gasteiger partial charge in [0.05, 0.1) is 0 Å². The maximum atomic E-state index is 2.32. The van der Waals surface area contributed by atoms with Crippen molar-refractivity contribution in [3.63, 3.8) is 0 Å². The molecule has 0 aromatic heterocycles. The molecule has 0 bridgehead atoms. The fraction of sp³-hybridized carbons (Fsp3) is 0.273.